The summed E-state index contributed by atoms with van der Waals surface area (Å²) in [5.41, 5.74) is 11.2. The van der Waals surface area contributed by atoms with E-state index < -0.39 is 0 Å². The van der Waals surface area contributed by atoms with E-state index in [2.05, 4.69) is 26.6 Å². The summed E-state index contributed by atoms with van der Waals surface area (Å²) < 4.78 is 10.2. The van der Waals surface area contributed by atoms with Crippen LogP contribution in [-0.2, 0) is 13.6 Å². The van der Waals surface area contributed by atoms with Gasteiger partial charge >= 0.3 is 0 Å². The summed E-state index contributed by atoms with van der Waals surface area (Å²) in [6.45, 7) is 1.57. The number of benzene rings is 2. The lowest BCUT2D eigenvalue weighted by Gasteiger charge is -2.27. The van der Waals surface area contributed by atoms with Gasteiger partial charge in [-0.1, -0.05) is 6.07 Å². The summed E-state index contributed by atoms with van der Waals surface area (Å²) in [4.78, 5) is 25.7. The monoisotopic (exact) mass is 577 g/mol. The van der Waals surface area contributed by atoms with Crippen molar-refractivity contribution in [2.75, 3.05) is 19.0 Å². The number of ether oxygens (including phenoxy) is 1. The number of piperidine rings is 1. The zero-order valence-corrected chi connectivity index (χ0v) is 24.3. The second-order valence-electron chi connectivity index (χ2n) is 12.3. The van der Waals surface area contributed by atoms with Crippen LogP contribution in [0, 0.1) is 11.8 Å². The van der Waals surface area contributed by atoms with Crippen LogP contribution in [0.25, 0.3) is 33.6 Å². The van der Waals surface area contributed by atoms with Gasteiger partial charge in [0.1, 0.15) is 28.5 Å². The molecule has 0 radical (unpaired) electrons. The van der Waals surface area contributed by atoms with Crippen molar-refractivity contribution in [2.45, 2.75) is 44.3 Å². The zero-order chi connectivity index (χ0) is 29.4. The van der Waals surface area contributed by atoms with Crippen LogP contribution in [0.1, 0.15) is 36.0 Å². The maximum Gasteiger partial charge on any atom is 0.254 e. The van der Waals surface area contributed by atoms with E-state index in [0.717, 1.165) is 65.2 Å². The Morgan fingerprint density at radius 2 is 1.95 bits per heavy atom. The standard InChI is InChI=1S/C33H35N7O3/c1-38-30-24(12-21(14-27(30)43-2)33(42)40-17-20-8-10-25(40)29(20)34)36-32(38)26-13-19-9-11-28(35-22-4-3-5-23(41)15-22)37-31(19)39(26)16-18-6-7-18/h3-5,9,11-15,18,20,25,29,41H,6-8,10,16-17,34H2,1-2H3,(H,35,37). The quantitative estimate of drug-likeness (QED) is 0.248. The number of carbonyl (C=O) groups is 1. The maximum absolute atomic E-state index is 13.7. The number of hydrogen-bond acceptors (Lipinski definition) is 7. The summed E-state index contributed by atoms with van der Waals surface area (Å²) in [6.07, 6.45) is 4.46. The molecule has 1 amide bonds. The van der Waals surface area contributed by atoms with Crippen molar-refractivity contribution in [3.8, 4) is 23.0 Å². The summed E-state index contributed by atoms with van der Waals surface area (Å²) in [7, 11) is 3.63. The van der Waals surface area contributed by atoms with Gasteiger partial charge in [0.05, 0.1) is 18.3 Å². The molecule has 3 fully saturated rings. The Morgan fingerprint density at radius 3 is 2.67 bits per heavy atom. The molecule has 4 N–H and O–H groups in total. The number of pyridine rings is 1. The van der Waals surface area contributed by atoms with E-state index in [0.29, 0.717) is 29.0 Å². The lowest BCUT2D eigenvalue weighted by Crippen LogP contribution is -2.41. The fourth-order valence-electron chi connectivity index (χ4n) is 7.12. The van der Waals surface area contributed by atoms with Gasteiger partial charge in [0.15, 0.2) is 5.82 Å². The largest absolute Gasteiger partial charge is 0.508 e. The number of aryl methyl sites for hydroxylation is 1. The number of nitrogens with two attached hydrogens (primary N) is 1. The summed E-state index contributed by atoms with van der Waals surface area (Å²) in [5.74, 6) is 3.30. The van der Waals surface area contributed by atoms with E-state index in [1.54, 1.807) is 25.3 Å². The first-order valence-electron chi connectivity index (χ1n) is 15.1. The number of carbonyl (C=O) groups excluding carboxylic acids is 1. The van der Waals surface area contributed by atoms with E-state index in [-0.39, 0.29) is 23.7 Å². The molecule has 0 spiro atoms. The van der Waals surface area contributed by atoms with Gasteiger partial charge in [-0.3, -0.25) is 4.79 Å². The molecule has 10 nitrogen and oxygen atoms in total. The molecule has 5 aromatic rings. The van der Waals surface area contributed by atoms with Crippen LogP contribution in [0.5, 0.6) is 11.5 Å². The highest BCUT2D eigenvalue weighted by Crippen LogP contribution is 2.40. The first-order chi connectivity index (χ1) is 20.9. The van der Waals surface area contributed by atoms with Gasteiger partial charge in [-0.15, -0.1) is 0 Å². The molecule has 1 aliphatic heterocycles. The molecule has 3 aromatic heterocycles. The van der Waals surface area contributed by atoms with Gasteiger partial charge in [-0.25, -0.2) is 9.97 Å². The number of imidazole rings is 1. The molecule has 3 aliphatic rings. The average molecular weight is 578 g/mol. The number of likely N-dealkylation sites (tertiary alicyclic amines) is 1. The number of nitrogens with one attached hydrogen (secondary N) is 1. The molecular formula is C33H35N7O3. The number of phenols is 1. The van der Waals surface area contributed by atoms with Crippen LogP contribution in [0.2, 0.25) is 0 Å². The van der Waals surface area contributed by atoms with Crippen LogP contribution in [0.3, 0.4) is 0 Å². The normalized spacial score (nSPS) is 21.3. The van der Waals surface area contributed by atoms with Crippen molar-refractivity contribution >= 4 is 39.5 Å². The Morgan fingerprint density at radius 1 is 1.09 bits per heavy atom. The fourth-order valence-corrected chi connectivity index (χ4v) is 7.12. The molecule has 10 heteroatoms. The van der Waals surface area contributed by atoms with Crippen molar-refractivity contribution in [3.05, 3.63) is 60.2 Å². The molecule has 3 unspecified atom stereocenters. The SMILES string of the molecule is COc1cc(C(=O)N2CC3CCC2C3N)cc2nc(-c3cc4ccc(Nc5cccc(O)c5)nc4n3CC3CC3)n(C)c12. The smallest absolute Gasteiger partial charge is 0.254 e. The Hall–Kier alpha value is -4.57. The topological polar surface area (TPSA) is 123 Å². The summed E-state index contributed by atoms with van der Waals surface area (Å²) >= 11 is 0. The third-order valence-electron chi connectivity index (χ3n) is 9.54. The van der Waals surface area contributed by atoms with E-state index in [4.69, 9.17) is 20.4 Å². The Kier molecular flexibility index (Phi) is 5.91. The van der Waals surface area contributed by atoms with Crippen LogP contribution < -0.4 is 15.8 Å². The van der Waals surface area contributed by atoms with Gasteiger partial charge in [0, 0.05) is 54.9 Å². The molecule has 4 heterocycles. The van der Waals surface area contributed by atoms with Gasteiger partial charge in [-0.05, 0) is 80.0 Å². The number of fused-ring (bicyclic) bond motifs is 4. The second-order valence-corrected chi connectivity index (χ2v) is 12.3. The maximum atomic E-state index is 13.7. The molecule has 2 aliphatic carbocycles. The molecule has 3 atom stereocenters. The summed E-state index contributed by atoms with van der Waals surface area (Å²) in [6, 6.07) is 17.1. The van der Waals surface area contributed by atoms with Crippen LogP contribution in [-0.4, -0.2) is 60.8 Å². The van der Waals surface area contributed by atoms with Crippen LogP contribution >= 0.6 is 0 Å². The highest BCUT2D eigenvalue weighted by molar-refractivity contribution is 6.00. The first-order valence-corrected chi connectivity index (χ1v) is 15.1. The molecular weight excluding hydrogens is 542 g/mol. The number of amides is 1. The van der Waals surface area contributed by atoms with Crippen molar-refractivity contribution in [2.24, 2.45) is 24.6 Å². The lowest BCUT2D eigenvalue weighted by atomic mass is 10.1. The number of rotatable bonds is 7. The second kappa shape index (κ2) is 9.74. The van der Waals surface area contributed by atoms with E-state index >= 15 is 0 Å². The lowest BCUT2D eigenvalue weighted by molar-refractivity contribution is 0.0700. The average Bonchev–Trinajstić information content (AvgIpc) is 3.41. The molecule has 1 saturated heterocycles. The van der Waals surface area contributed by atoms with Crippen LogP contribution in [0.15, 0.2) is 54.6 Å². The number of methoxy groups -OCH3 is 1. The van der Waals surface area contributed by atoms with Crippen molar-refractivity contribution < 1.29 is 14.6 Å². The van der Waals surface area contributed by atoms with E-state index in [9.17, 15) is 9.90 Å². The van der Waals surface area contributed by atoms with Crippen molar-refractivity contribution in [1.29, 1.82) is 0 Å². The fraction of sp³-hybridized carbons (Fsp3) is 0.364. The minimum atomic E-state index is -0.00568. The summed E-state index contributed by atoms with van der Waals surface area (Å²) in [5, 5.41) is 14.2. The molecule has 2 saturated carbocycles. The minimum absolute atomic E-state index is 0.00568. The van der Waals surface area contributed by atoms with Gasteiger partial charge in [-0.2, -0.15) is 0 Å². The number of hydrogen-bond donors (Lipinski definition) is 3. The predicted octanol–water partition coefficient (Wildman–Crippen LogP) is 5.02. The Bertz CT molecular complexity index is 1910. The third kappa shape index (κ3) is 4.31. The zero-order valence-electron chi connectivity index (χ0n) is 24.3. The predicted molar refractivity (Wildman–Crippen MR) is 166 cm³/mol. The Labute approximate surface area is 249 Å². The molecule has 2 aromatic carbocycles. The number of aromatic hydroxyl groups is 1. The van der Waals surface area contributed by atoms with Gasteiger partial charge in [0.25, 0.3) is 5.91 Å². The van der Waals surface area contributed by atoms with Crippen LogP contribution in [0.4, 0.5) is 11.5 Å². The highest BCUT2D eigenvalue weighted by Gasteiger charge is 2.47. The van der Waals surface area contributed by atoms with Crippen molar-refractivity contribution in [1.82, 2.24) is 24.0 Å². The molecule has 8 rings (SSSR count). The Balaban J connectivity index is 1.21. The van der Waals surface area contributed by atoms with E-state index in [1.165, 1.54) is 12.8 Å². The highest BCUT2D eigenvalue weighted by atomic mass is 16.5. The minimum Gasteiger partial charge on any atom is -0.508 e. The number of phenolic OH excluding ortho intramolecular Hbond substituents is 1. The van der Waals surface area contributed by atoms with E-state index in [1.807, 2.05) is 36.2 Å². The van der Waals surface area contributed by atoms with Crippen molar-refractivity contribution in [3.63, 3.8) is 0 Å². The van der Waals surface area contributed by atoms with Gasteiger partial charge in [0.2, 0.25) is 0 Å². The number of aromatic nitrogens is 4. The third-order valence-corrected chi connectivity index (χ3v) is 9.54. The molecule has 2 bridgehead atoms. The molecule has 220 valence electrons. The van der Waals surface area contributed by atoms with Gasteiger partial charge < -0.3 is 34.9 Å². The number of anilines is 2. The number of nitrogens with zero attached hydrogens (tertiary/aromatic N) is 5. The molecule has 43 heavy (non-hydrogen) atoms. The first kappa shape index (κ1) is 26.1.